The van der Waals surface area contributed by atoms with E-state index in [1.165, 1.54) is 4.90 Å². The molecule has 198 valence electrons. The lowest BCUT2D eigenvalue weighted by atomic mass is 10.0. The number of aliphatic imine (C=N–C) groups is 1. The van der Waals surface area contributed by atoms with E-state index in [4.69, 9.17) is 22.3 Å². The van der Waals surface area contributed by atoms with Gasteiger partial charge in [-0.05, 0) is 38.0 Å². The molecule has 14 heteroatoms. The van der Waals surface area contributed by atoms with Crippen molar-refractivity contribution in [1.82, 2.24) is 15.5 Å². The van der Waals surface area contributed by atoms with Crippen molar-refractivity contribution in [3.8, 4) is 0 Å². The molecule has 10 N–H and O–H groups in total. The maximum atomic E-state index is 13.3. The zero-order chi connectivity index (χ0) is 26.7. The Morgan fingerprint density at radius 3 is 2.29 bits per heavy atom. The maximum Gasteiger partial charge on any atom is 0.326 e. The van der Waals surface area contributed by atoms with Gasteiger partial charge in [0.05, 0.1) is 6.04 Å². The summed E-state index contributed by atoms with van der Waals surface area (Å²) in [5.74, 6) is -4.52. The van der Waals surface area contributed by atoms with Crippen molar-refractivity contribution in [2.24, 2.45) is 28.1 Å². The van der Waals surface area contributed by atoms with Crippen LogP contribution >= 0.6 is 0 Å². The van der Waals surface area contributed by atoms with E-state index in [2.05, 4.69) is 15.6 Å². The molecule has 1 fully saturated rings. The van der Waals surface area contributed by atoms with Crippen molar-refractivity contribution in [2.75, 3.05) is 13.1 Å². The average molecular weight is 500 g/mol. The first-order valence-corrected chi connectivity index (χ1v) is 11.5. The molecule has 4 atom stereocenters. The Bertz CT molecular complexity index is 814. The number of amides is 3. The molecule has 1 aliphatic heterocycles. The third kappa shape index (κ3) is 9.76. The largest absolute Gasteiger partial charge is 0.481 e. The Kier molecular flexibility index (Phi) is 11.9. The number of hydrogen-bond donors (Lipinski definition) is 7. The maximum absolute atomic E-state index is 13.3. The van der Waals surface area contributed by atoms with Gasteiger partial charge in [0.2, 0.25) is 17.7 Å². The summed E-state index contributed by atoms with van der Waals surface area (Å²) in [6.45, 7) is 3.91. The third-order valence-electron chi connectivity index (χ3n) is 5.63. The lowest BCUT2D eigenvalue weighted by Crippen LogP contribution is -2.58. The van der Waals surface area contributed by atoms with Gasteiger partial charge in [-0.15, -0.1) is 0 Å². The lowest BCUT2D eigenvalue weighted by molar-refractivity contribution is -0.145. The molecule has 0 saturated carbocycles. The van der Waals surface area contributed by atoms with Gasteiger partial charge in [0.15, 0.2) is 5.96 Å². The van der Waals surface area contributed by atoms with Gasteiger partial charge in [-0.2, -0.15) is 0 Å². The van der Waals surface area contributed by atoms with Gasteiger partial charge in [0, 0.05) is 19.5 Å². The van der Waals surface area contributed by atoms with Crippen LogP contribution < -0.4 is 27.8 Å². The highest BCUT2D eigenvalue weighted by Gasteiger charge is 2.39. The first kappa shape index (κ1) is 29.6. The van der Waals surface area contributed by atoms with Gasteiger partial charge in [-0.3, -0.25) is 24.2 Å². The number of carboxylic acids is 2. The standard InChI is InChI=1S/C21H37N7O7/c1-11(2)16(27-17(31)12(22)7-8-15(29)30)19(33)28-10-4-6-14(28)18(32)26-13(20(34)35)5-3-9-25-21(23)24/h11-14,16H,3-10,22H2,1-2H3,(H,26,32)(H,27,31)(H,29,30)(H,34,35)(H4,23,24,25). The molecule has 0 spiro atoms. The molecule has 14 nitrogen and oxygen atoms in total. The smallest absolute Gasteiger partial charge is 0.326 e. The summed E-state index contributed by atoms with van der Waals surface area (Å²) >= 11 is 0. The summed E-state index contributed by atoms with van der Waals surface area (Å²) in [6.07, 6.45) is 0.913. The summed E-state index contributed by atoms with van der Waals surface area (Å²) in [7, 11) is 0. The molecule has 1 heterocycles. The molecule has 0 aromatic rings. The molecular formula is C21H37N7O7. The molecule has 0 aromatic heterocycles. The van der Waals surface area contributed by atoms with Crippen molar-refractivity contribution in [1.29, 1.82) is 0 Å². The number of likely N-dealkylation sites (tertiary alicyclic amines) is 1. The van der Waals surface area contributed by atoms with E-state index in [1.54, 1.807) is 13.8 Å². The second-order valence-electron chi connectivity index (χ2n) is 8.81. The molecule has 0 aliphatic carbocycles. The minimum atomic E-state index is -1.22. The zero-order valence-electron chi connectivity index (χ0n) is 20.1. The van der Waals surface area contributed by atoms with Crippen molar-refractivity contribution < 1.29 is 34.2 Å². The van der Waals surface area contributed by atoms with Crippen LogP contribution in [0.3, 0.4) is 0 Å². The fraction of sp³-hybridized carbons (Fsp3) is 0.714. The van der Waals surface area contributed by atoms with E-state index in [0.717, 1.165) is 0 Å². The van der Waals surface area contributed by atoms with Gasteiger partial charge < -0.3 is 42.9 Å². The molecule has 1 saturated heterocycles. The van der Waals surface area contributed by atoms with Crippen molar-refractivity contribution in [2.45, 2.75) is 76.5 Å². The number of nitrogens with zero attached hydrogens (tertiary/aromatic N) is 2. The van der Waals surface area contributed by atoms with E-state index in [-0.39, 0.29) is 44.2 Å². The number of hydrogen-bond acceptors (Lipinski definition) is 7. The number of rotatable bonds is 14. The Morgan fingerprint density at radius 2 is 1.74 bits per heavy atom. The van der Waals surface area contributed by atoms with Gasteiger partial charge >= 0.3 is 11.9 Å². The van der Waals surface area contributed by atoms with Crippen molar-refractivity contribution >= 4 is 35.6 Å². The van der Waals surface area contributed by atoms with Crippen LogP contribution in [0.2, 0.25) is 0 Å². The quantitative estimate of drug-likeness (QED) is 0.0781. The number of carbonyl (C=O) groups excluding carboxylic acids is 3. The lowest BCUT2D eigenvalue weighted by Gasteiger charge is -2.31. The van der Waals surface area contributed by atoms with Crippen LogP contribution in [-0.2, 0) is 24.0 Å². The minimum Gasteiger partial charge on any atom is -0.481 e. The highest BCUT2D eigenvalue weighted by molar-refractivity contribution is 5.94. The summed E-state index contributed by atoms with van der Waals surface area (Å²) in [5, 5.41) is 23.3. The predicted octanol–water partition coefficient (Wildman–Crippen LogP) is -2.07. The van der Waals surface area contributed by atoms with E-state index in [0.29, 0.717) is 19.3 Å². The minimum absolute atomic E-state index is 0.0886. The number of nitrogens with two attached hydrogens (primary N) is 3. The summed E-state index contributed by atoms with van der Waals surface area (Å²) in [4.78, 5) is 66.0. The SMILES string of the molecule is CC(C)C(NC(=O)C(N)CCC(=O)O)C(=O)N1CCCC1C(=O)NC(CCCN=C(N)N)C(=O)O. The van der Waals surface area contributed by atoms with Crippen LogP contribution in [0.5, 0.6) is 0 Å². The van der Waals surface area contributed by atoms with Gasteiger partial charge in [0.25, 0.3) is 0 Å². The average Bonchev–Trinajstić information content (AvgIpc) is 3.26. The van der Waals surface area contributed by atoms with Crippen LogP contribution in [0.25, 0.3) is 0 Å². The number of guanidine groups is 1. The topological polar surface area (TPSA) is 244 Å². The second kappa shape index (κ2) is 14.1. The highest BCUT2D eigenvalue weighted by Crippen LogP contribution is 2.21. The van der Waals surface area contributed by atoms with E-state index >= 15 is 0 Å². The predicted molar refractivity (Wildman–Crippen MR) is 126 cm³/mol. The summed E-state index contributed by atoms with van der Waals surface area (Å²) < 4.78 is 0. The third-order valence-corrected chi connectivity index (χ3v) is 5.63. The van der Waals surface area contributed by atoms with Crippen molar-refractivity contribution in [3.05, 3.63) is 0 Å². The van der Waals surface area contributed by atoms with Crippen LogP contribution in [0, 0.1) is 5.92 Å². The molecule has 0 radical (unpaired) electrons. The van der Waals surface area contributed by atoms with E-state index in [9.17, 15) is 29.1 Å². The van der Waals surface area contributed by atoms with Crippen LogP contribution in [-0.4, -0.2) is 88.0 Å². The molecular weight excluding hydrogens is 462 g/mol. The van der Waals surface area contributed by atoms with Gasteiger partial charge in [-0.1, -0.05) is 13.8 Å². The number of nitrogens with one attached hydrogen (secondary N) is 2. The molecule has 0 aromatic carbocycles. The molecule has 1 aliphatic rings. The Hall–Kier alpha value is -3.42. The van der Waals surface area contributed by atoms with Crippen molar-refractivity contribution in [3.63, 3.8) is 0 Å². The molecule has 35 heavy (non-hydrogen) atoms. The second-order valence-corrected chi connectivity index (χ2v) is 8.81. The number of carbonyl (C=O) groups is 5. The molecule has 3 amide bonds. The number of aliphatic carboxylic acids is 2. The Balaban J connectivity index is 2.84. The van der Waals surface area contributed by atoms with Gasteiger partial charge in [-0.25, -0.2) is 4.79 Å². The van der Waals surface area contributed by atoms with Gasteiger partial charge in [0.1, 0.15) is 18.1 Å². The molecule has 4 unspecified atom stereocenters. The zero-order valence-corrected chi connectivity index (χ0v) is 20.1. The fourth-order valence-corrected chi connectivity index (χ4v) is 3.69. The number of carboxylic acid groups (broad SMARTS) is 2. The first-order valence-electron chi connectivity index (χ1n) is 11.5. The Morgan fingerprint density at radius 1 is 1.09 bits per heavy atom. The van der Waals surface area contributed by atoms with E-state index in [1.807, 2.05) is 0 Å². The van der Waals surface area contributed by atoms with E-state index < -0.39 is 53.8 Å². The van der Waals surface area contributed by atoms with Crippen LogP contribution in [0.15, 0.2) is 4.99 Å². The normalized spacial score (nSPS) is 17.8. The van der Waals surface area contributed by atoms with Crippen LogP contribution in [0.4, 0.5) is 0 Å². The first-order chi connectivity index (χ1) is 16.3. The highest BCUT2D eigenvalue weighted by atomic mass is 16.4. The van der Waals surface area contributed by atoms with Crippen LogP contribution in [0.1, 0.15) is 52.4 Å². The molecule has 1 rings (SSSR count). The summed E-state index contributed by atoms with van der Waals surface area (Å²) in [5.41, 5.74) is 16.2. The summed E-state index contributed by atoms with van der Waals surface area (Å²) in [6, 6.07) is -4.15. The fourth-order valence-electron chi connectivity index (χ4n) is 3.69. The Labute approximate surface area is 203 Å². The molecule has 0 bridgehead atoms. The monoisotopic (exact) mass is 499 g/mol.